The Morgan fingerprint density at radius 1 is 0.940 bits per heavy atom. The summed E-state index contributed by atoms with van der Waals surface area (Å²) < 4.78 is 11.6. The first-order valence-corrected chi connectivity index (χ1v) is 16.6. The monoisotopic (exact) mass is 799 g/mol. The van der Waals surface area contributed by atoms with Gasteiger partial charge < -0.3 is 35.6 Å². The molecule has 1 fully saturated rings. The van der Waals surface area contributed by atoms with Crippen LogP contribution in [0.25, 0.3) is 11.1 Å². The molecule has 5 rings (SSSR count). The Labute approximate surface area is 300 Å². The Balaban J connectivity index is 1.19. The highest BCUT2D eigenvalue weighted by atomic mass is 127. The average molecular weight is 800 g/mol. The van der Waals surface area contributed by atoms with Crippen molar-refractivity contribution < 1.29 is 48.5 Å². The summed E-state index contributed by atoms with van der Waals surface area (Å²) in [6.07, 6.45) is -1.96. The van der Waals surface area contributed by atoms with Gasteiger partial charge in [0.05, 0.1) is 25.8 Å². The van der Waals surface area contributed by atoms with Gasteiger partial charge in [0, 0.05) is 22.5 Å². The Morgan fingerprint density at radius 3 is 2.22 bits per heavy atom. The predicted molar refractivity (Wildman–Crippen MR) is 186 cm³/mol. The number of imide groups is 1. The molecule has 16 heteroatoms. The predicted octanol–water partition coefficient (Wildman–Crippen LogP) is 2.39. The molecule has 2 aliphatic rings. The van der Waals surface area contributed by atoms with E-state index in [0.29, 0.717) is 11.4 Å². The molecule has 1 aliphatic heterocycles. The fourth-order valence-corrected chi connectivity index (χ4v) is 6.33. The van der Waals surface area contributed by atoms with Crippen LogP contribution >= 0.6 is 22.6 Å². The molecule has 6 amide bonds. The number of hydrogen-bond acceptors (Lipinski definition) is 9. The standard InChI is InChI=1S/C34H34IN5O10/c1-49-28-11-10-19(35)14-27(28)39-13-12-29(42)40(34(39)48)18-36-31(45)25(15-30(43)44)37-32(46)26(16-41)38-33(47)50-17-24-22-8-4-2-6-20(22)21-7-3-5-9-23(21)24/h2-11,14,24-26,41H,12-13,15-18H2,1H3,(H,36,45)(H,37,46)(H,38,47)(H,43,44)/t25-,26-/m0/s1. The molecule has 0 aromatic heterocycles. The molecule has 0 radical (unpaired) electrons. The van der Waals surface area contributed by atoms with Crippen molar-refractivity contribution in [2.75, 3.05) is 38.4 Å². The second-order valence-electron chi connectivity index (χ2n) is 11.4. The number of carboxylic acid groups (broad SMARTS) is 1. The molecule has 15 nitrogen and oxygen atoms in total. The number of alkyl carbamates (subject to hydrolysis) is 1. The number of rotatable bonds is 13. The Hall–Kier alpha value is -5.23. The van der Waals surface area contributed by atoms with Crippen LogP contribution in [-0.4, -0.2) is 96.5 Å². The summed E-state index contributed by atoms with van der Waals surface area (Å²) in [5.41, 5.74) is 4.39. The fraction of sp³-hybridized carbons (Fsp3) is 0.294. The molecule has 50 heavy (non-hydrogen) atoms. The van der Waals surface area contributed by atoms with Gasteiger partial charge in [-0.25, -0.2) is 14.5 Å². The zero-order valence-corrected chi connectivity index (χ0v) is 28.9. The molecule has 0 saturated carbocycles. The number of aliphatic hydroxyl groups excluding tert-OH is 1. The van der Waals surface area contributed by atoms with Gasteiger partial charge in [0.25, 0.3) is 0 Å². The van der Waals surface area contributed by atoms with Gasteiger partial charge >= 0.3 is 18.1 Å². The van der Waals surface area contributed by atoms with Crippen LogP contribution in [0.3, 0.4) is 0 Å². The van der Waals surface area contributed by atoms with Gasteiger partial charge in [-0.15, -0.1) is 0 Å². The number of carboxylic acids is 1. The summed E-state index contributed by atoms with van der Waals surface area (Å²) in [4.78, 5) is 78.6. The zero-order chi connectivity index (χ0) is 35.9. The number of benzene rings is 3. The smallest absolute Gasteiger partial charge is 0.407 e. The van der Waals surface area contributed by atoms with E-state index in [1.165, 1.54) is 12.0 Å². The van der Waals surface area contributed by atoms with Gasteiger partial charge in [0.15, 0.2) is 0 Å². The zero-order valence-electron chi connectivity index (χ0n) is 26.8. The topological polar surface area (TPSA) is 204 Å². The Kier molecular flexibility index (Phi) is 11.5. The van der Waals surface area contributed by atoms with Crippen LogP contribution in [-0.2, 0) is 23.9 Å². The van der Waals surface area contributed by atoms with Gasteiger partial charge in [-0.05, 0) is 63.0 Å². The number of urea groups is 1. The van der Waals surface area contributed by atoms with Crippen LogP contribution in [0.5, 0.6) is 5.75 Å². The highest BCUT2D eigenvalue weighted by Gasteiger charge is 2.36. The highest BCUT2D eigenvalue weighted by molar-refractivity contribution is 14.1. The maximum atomic E-state index is 13.3. The third kappa shape index (κ3) is 7.97. The minimum atomic E-state index is -1.69. The molecule has 1 aliphatic carbocycles. The maximum absolute atomic E-state index is 13.3. The van der Waals surface area contributed by atoms with Crippen molar-refractivity contribution in [3.63, 3.8) is 0 Å². The van der Waals surface area contributed by atoms with E-state index in [9.17, 15) is 39.0 Å². The van der Waals surface area contributed by atoms with Gasteiger partial charge in [-0.2, -0.15) is 0 Å². The third-order valence-corrected chi connectivity index (χ3v) is 8.97. The maximum Gasteiger partial charge on any atom is 0.407 e. The first kappa shape index (κ1) is 36.1. The molecule has 0 bridgehead atoms. The number of amides is 6. The number of halogens is 1. The number of methoxy groups -OCH3 is 1. The molecule has 0 unspecified atom stereocenters. The van der Waals surface area contributed by atoms with Crippen molar-refractivity contribution in [1.29, 1.82) is 0 Å². The van der Waals surface area contributed by atoms with Crippen molar-refractivity contribution in [2.45, 2.75) is 30.8 Å². The third-order valence-electron chi connectivity index (χ3n) is 8.30. The number of aliphatic hydroxyl groups is 1. The van der Waals surface area contributed by atoms with Gasteiger partial charge in [-0.3, -0.25) is 24.1 Å². The Morgan fingerprint density at radius 2 is 1.60 bits per heavy atom. The summed E-state index contributed by atoms with van der Waals surface area (Å²) in [5.74, 6) is -3.98. The lowest BCUT2D eigenvalue weighted by Gasteiger charge is -2.35. The fourth-order valence-electron chi connectivity index (χ4n) is 5.86. The van der Waals surface area contributed by atoms with Gasteiger partial charge in [-0.1, -0.05) is 48.5 Å². The second-order valence-corrected chi connectivity index (χ2v) is 12.6. The number of carbonyl (C=O) groups excluding carboxylic acids is 5. The minimum Gasteiger partial charge on any atom is -0.495 e. The van der Waals surface area contributed by atoms with Crippen molar-refractivity contribution in [3.05, 3.63) is 81.4 Å². The number of fused-ring (bicyclic) bond motifs is 3. The lowest BCUT2D eigenvalue weighted by Crippen LogP contribution is -2.59. The van der Waals surface area contributed by atoms with E-state index >= 15 is 0 Å². The molecule has 1 saturated heterocycles. The summed E-state index contributed by atoms with van der Waals surface area (Å²) in [6.45, 7) is -1.51. The molecule has 5 N–H and O–H groups in total. The van der Waals surface area contributed by atoms with Crippen LogP contribution in [0.1, 0.15) is 29.9 Å². The van der Waals surface area contributed by atoms with Crippen LogP contribution in [0.2, 0.25) is 0 Å². The van der Waals surface area contributed by atoms with Crippen LogP contribution in [0.4, 0.5) is 15.3 Å². The van der Waals surface area contributed by atoms with E-state index in [0.717, 1.165) is 30.7 Å². The number of nitrogens with zero attached hydrogens (tertiary/aromatic N) is 2. The van der Waals surface area contributed by atoms with Crippen molar-refractivity contribution in [3.8, 4) is 16.9 Å². The van der Waals surface area contributed by atoms with Crippen molar-refractivity contribution in [1.82, 2.24) is 20.9 Å². The molecular formula is C34H34IN5O10. The largest absolute Gasteiger partial charge is 0.495 e. The van der Waals surface area contributed by atoms with Crippen molar-refractivity contribution in [2.24, 2.45) is 0 Å². The van der Waals surface area contributed by atoms with E-state index in [2.05, 4.69) is 38.5 Å². The van der Waals surface area contributed by atoms with Crippen LogP contribution < -0.4 is 25.6 Å². The molecule has 2 atom stereocenters. The van der Waals surface area contributed by atoms with E-state index in [4.69, 9.17) is 9.47 Å². The van der Waals surface area contributed by atoms with E-state index in [-0.39, 0.29) is 25.5 Å². The number of nitrogens with one attached hydrogen (secondary N) is 3. The first-order chi connectivity index (χ1) is 24.0. The molecule has 1 heterocycles. The Bertz CT molecular complexity index is 1770. The number of carbonyl (C=O) groups is 6. The SMILES string of the molecule is COc1ccc(I)cc1N1CCC(=O)N(CNC(=O)[C@H](CC(=O)O)NC(=O)[C@H](CO)NC(=O)OCC2c3ccccc3-c3ccccc32)C1=O. The lowest BCUT2D eigenvalue weighted by atomic mass is 9.98. The summed E-state index contributed by atoms with van der Waals surface area (Å²) in [5, 5.41) is 26.1. The lowest BCUT2D eigenvalue weighted by molar-refractivity contribution is -0.141. The van der Waals surface area contributed by atoms with Crippen LogP contribution in [0.15, 0.2) is 66.7 Å². The first-order valence-electron chi connectivity index (χ1n) is 15.5. The van der Waals surface area contributed by atoms with E-state index in [1.54, 1.807) is 18.2 Å². The quantitative estimate of drug-likeness (QED) is 0.160. The van der Waals surface area contributed by atoms with Gasteiger partial charge in [0.2, 0.25) is 17.7 Å². The molecule has 3 aromatic rings. The summed E-state index contributed by atoms with van der Waals surface area (Å²) in [6, 6.07) is 16.5. The van der Waals surface area contributed by atoms with Crippen molar-refractivity contribution >= 4 is 64.1 Å². The molecular weight excluding hydrogens is 765 g/mol. The number of hydrogen-bond donors (Lipinski definition) is 5. The summed E-state index contributed by atoms with van der Waals surface area (Å²) >= 11 is 2.07. The molecule has 0 spiro atoms. The van der Waals surface area contributed by atoms with Crippen LogP contribution in [0, 0.1) is 3.57 Å². The second kappa shape index (κ2) is 16.0. The number of ether oxygens (including phenoxy) is 2. The van der Waals surface area contributed by atoms with E-state index < -0.39 is 67.6 Å². The number of aliphatic carboxylic acids is 1. The van der Waals surface area contributed by atoms with Gasteiger partial charge in [0.1, 0.15) is 31.1 Å². The minimum absolute atomic E-state index is 0.0642. The summed E-state index contributed by atoms with van der Waals surface area (Å²) in [7, 11) is 1.44. The molecule has 262 valence electrons. The number of anilines is 1. The molecule has 3 aromatic carbocycles. The average Bonchev–Trinajstić information content (AvgIpc) is 3.42. The van der Waals surface area contributed by atoms with E-state index in [1.807, 2.05) is 48.5 Å². The normalized spacial score (nSPS) is 15.0. The highest BCUT2D eigenvalue weighted by Crippen LogP contribution is 2.44.